The van der Waals surface area contributed by atoms with Crippen LogP contribution >= 0.6 is 0 Å². The lowest BCUT2D eigenvalue weighted by Crippen LogP contribution is -2.22. The fourth-order valence-corrected chi connectivity index (χ4v) is 5.79. The SMILES string of the molecule is CCCc1nn(CC(F)(F)F)c(C(=O)O)c1Cc1ccc(-c2ccccc2S(=O)(=O)Nc2ccc([N+](=O)[O-])cc2)cc1. The number of nitrogens with one attached hydrogen (secondary N) is 1. The molecule has 0 atom stereocenters. The van der Waals surface area contributed by atoms with Gasteiger partial charge in [0.15, 0.2) is 0 Å². The summed E-state index contributed by atoms with van der Waals surface area (Å²) in [5.74, 6) is -1.51. The van der Waals surface area contributed by atoms with Crippen molar-refractivity contribution in [1.29, 1.82) is 0 Å². The monoisotopic (exact) mass is 602 g/mol. The van der Waals surface area contributed by atoms with E-state index in [0.29, 0.717) is 34.2 Å². The summed E-state index contributed by atoms with van der Waals surface area (Å²) in [6, 6.07) is 17.7. The number of hydrogen-bond donors (Lipinski definition) is 2. The Morgan fingerprint density at radius 1 is 1.05 bits per heavy atom. The van der Waals surface area contributed by atoms with Gasteiger partial charge in [0, 0.05) is 35.4 Å². The molecule has 10 nitrogen and oxygen atoms in total. The van der Waals surface area contributed by atoms with Crippen LogP contribution in [0, 0.1) is 10.1 Å². The molecule has 3 aromatic carbocycles. The number of carboxylic acids is 1. The summed E-state index contributed by atoms with van der Waals surface area (Å²) in [4.78, 5) is 22.2. The third-order valence-corrected chi connectivity index (χ3v) is 7.74. The van der Waals surface area contributed by atoms with Crippen molar-refractivity contribution in [2.45, 2.75) is 43.8 Å². The first-order valence-electron chi connectivity index (χ1n) is 12.6. The van der Waals surface area contributed by atoms with Gasteiger partial charge in [-0.25, -0.2) is 17.9 Å². The number of non-ortho nitro benzene ring substituents is 1. The highest BCUT2D eigenvalue weighted by Crippen LogP contribution is 2.31. The second-order valence-corrected chi connectivity index (χ2v) is 11.0. The van der Waals surface area contributed by atoms with E-state index < -0.39 is 39.3 Å². The summed E-state index contributed by atoms with van der Waals surface area (Å²) < 4.78 is 68.7. The molecule has 0 aliphatic heterocycles. The normalized spacial score (nSPS) is 11.8. The molecule has 1 aromatic heterocycles. The van der Waals surface area contributed by atoms with Gasteiger partial charge in [-0.2, -0.15) is 18.3 Å². The van der Waals surface area contributed by atoms with E-state index in [0.717, 1.165) is 0 Å². The number of aryl methyl sites for hydroxylation is 1. The highest BCUT2D eigenvalue weighted by atomic mass is 32.2. The average Bonchev–Trinajstić information content (AvgIpc) is 3.24. The van der Waals surface area contributed by atoms with E-state index in [1.54, 1.807) is 42.5 Å². The van der Waals surface area contributed by atoms with Gasteiger partial charge < -0.3 is 5.11 Å². The van der Waals surface area contributed by atoms with E-state index in [-0.39, 0.29) is 33.9 Å². The summed E-state index contributed by atoms with van der Waals surface area (Å²) in [7, 11) is -4.11. The minimum absolute atomic E-state index is 0.0107. The molecular formula is C28H25F3N4O6S. The van der Waals surface area contributed by atoms with Gasteiger partial charge in [-0.05, 0) is 35.7 Å². The smallest absolute Gasteiger partial charge is 0.408 e. The maximum Gasteiger partial charge on any atom is 0.408 e. The number of carboxylic acid groups (broad SMARTS) is 1. The first-order valence-corrected chi connectivity index (χ1v) is 14.1. The van der Waals surface area contributed by atoms with Gasteiger partial charge in [0.25, 0.3) is 15.7 Å². The first-order chi connectivity index (χ1) is 19.8. The van der Waals surface area contributed by atoms with Gasteiger partial charge in [-0.1, -0.05) is 55.8 Å². The van der Waals surface area contributed by atoms with E-state index >= 15 is 0 Å². The molecule has 0 bridgehead atoms. The van der Waals surface area contributed by atoms with E-state index in [9.17, 15) is 41.6 Å². The highest BCUT2D eigenvalue weighted by molar-refractivity contribution is 7.92. The number of nitrogens with zero attached hydrogens (tertiary/aromatic N) is 3. The molecule has 0 aliphatic rings. The van der Waals surface area contributed by atoms with Crippen molar-refractivity contribution in [3.63, 3.8) is 0 Å². The first kappa shape index (κ1) is 30.2. The predicted octanol–water partition coefficient (Wildman–Crippen LogP) is 6.06. The van der Waals surface area contributed by atoms with Crippen LogP contribution in [0.15, 0.2) is 77.7 Å². The van der Waals surface area contributed by atoms with Crippen molar-refractivity contribution >= 4 is 27.4 Å². The van der Waals surface area contributed by atoms with E-state index in [1.165, 1.54) is 30.3 Å². The highest BCUT2D eigenvalue weighted by Gasteiger charge is 2.33. The summed E-state index contributed by atoms with van der Waals surface area (Å²) in [5.41, 5.74) is 1.35. The molecule has 0 unspecified atom stereocenters. The van der Waals surface area contributed by atoms with E-state index in [2.05, 4.69) is 9.82 Å². The van der Waals surface area contributed by atoms with Gasteiger partial charge in [-0.3, -0.25) is 14.8 Å². The Kier molecular flexibility index (Phi) is 8.66. The van der Waals surface area contributed by atoms with E-state index in [4.69, 9.17) is 0 Å². The molecule has 42 heavy (non-hydrogen) atoms. The summed E-state index contributed by atoms with van der Waals surface area (Å²) in [5, 5.41) is 24.6. The Morgan fingerprint density at radius 3 is 2.26 bits per heavy atom. The zero-order valence-corrected chi connectivity index (χ0v) is 22.9. The van der Waals surface area contributed by atoms with Gasteiger partial charge in [0.05, 0.1) is 15.5 Å². The number of nitro benzene ring substituents is 1. The summed E-state index contributed by atoms with van der Waals surface area (Å²) >= 11 is 0. The molecular weight excluding hydrogens is 577 g/mol. The molecule has 14 heteroatoms. The molecule has 0 aliphatic carbocycles. The molecule has 4 rings (SSSR count). The van der Waals surface area contributed by atoms with Gasteiger partial charge in [0.1, 0.15) is 12.2 Å². The van der Waals surface area contributed by atoms with Crippen LogP contribution in [0.1, 0.15) is 40.7 Å². The minimum atomic E-state index is -4.65. The number of aromatic carboxylic acids is 1. The van der Waals surface area contributed by atoms with Crippen LogP contribution in [0.2, 0.25) is 0 Å². The van der Waals surface area contributed by atoms with Crippen LogP contribution in [0.3, 0.4) is 0 Å². The third-order valence-electron chi connectivity index (χ3n) is 6.30. The fraction of sp³-hybridized carbons (Fsp3) is 0.214. The summed E-state index contributed by atoms with van der Waals surface area (Å²) in [6.07, 6.45) is -3.80. The quantitative estimate of drug-likeness (QED) is 0.157. The van der Waals surface area contributed by atoms with Crippen molar-refractivity contribution in [1.82, 2.24) is 9.78 Å². The molecule has 0 saturated carbocycles. The lowest BCUT2D eigenvalue weighted by atomic mass is 9.98. The number of benzene rings is 3. The number of aromatic nitrogens is 2. The molecule has 0 radical (unpaired) electrons. The van der Waals surface area contributed by atoms with Crippen LogP contribution in [0.4, 0.5) is 24.5 Å². The number of anilines is 1. The predicted molar refractivity (Wildman–Crippen MR) is 148 cm³/mol. The Morgan fingerprint density at radius 2 is 1.69 bits per heavy atom. The molecule has 0 amide bonds. The minimum Gasteiger partial charge on any atom is -0.477 e. The van der Waals surface area contributed by atoms with E-state index in [1.807, 2.05) is 6.92 Å². The van der Waals surface area contributed by atoms with Crippen molar-refractivity contribution in [2.75, 3.05) is 4.72 Å². The zero-order valence-electron chi connectivity index (χ0n) is 22.1. The molecule has 1 heterocycles. The zero-order chi connectivity index (χ0) is 30.7. The molecule has 220 valence electrons. The fourth-order valence-electron chi connectivity index (χ4n) is 4.50. The van der Waals surface area contributed by atoms with Crippen LogP contribution in [0.5, 0.6) is 0 Å². The number of halogens is 3. The Bertz CT molecular complexity index is 1720. The Hall–Kier alpha value is -4.72. The number of alkyl halides is 3. The standard InChI is InChI=1S/C28H25F3N4O6S/c1-2-5-24-23(26(27(36)37)34(32-24)17-28(29,30)31)16-18-8-10-19(11-9-18)22-6-3-4-7-25(22)42(40,41)33-20-12-14-21(15-13-20)35(38)39/h3-4,6-15,33H,2,5,16-17H2,1H3,(H,36,37). The van der Waals surface area contributed by atoms with Crippen LogP contribution in [-0.2, 0) is 29.4 Å². The number of nitro groups is 1. The van der Waals surface area contributed by atoms with Gasteiger partial charge >= 0.3 is 12.1 Å². The van der Waals surface area contributed by atoms with Gasteiger partial charge in [-0.15, -0.1) is 0 Å². The number of sulfonamides is 1. The second kappa shape index (κ2) is 12.0. The average molecular weight is 603 g/mol. The van der Waals surface area contributed by atoms with Crippen molar-refractivity contribution < 1.29 is 36.4 Å². The number of rotatable bonds is 11. The molecule has 2 N–H and O–H groups in total. The van der Waals surface area contributed by atoms with Gasteiger partial charge in [0.2, 0.25) is 0 Å². The lowest BCUT2D eigenvalue weighted by molar-refractivity contribution is -0.384. The number of hydrogen-bond acceptors (Lipinski definition) is 6. The Balaban J connectivity index is 1.64. The topological polar surface area (TPSA) is 144 Å². The second-order valence-electron chi connectivity index (χ2n) is 9.38. The lowest BCUT2D eigenvalue weighted by Gasteiger charge is -2.13. The molecule has 4 aromatic rings. The molecule has 0 fully saturated rings. The van der Waals surface area contributed by atoms with Crippen molar-refractivity contribution in [3.8, 4) is 11.1 Å². The van der Waals surface area contributed by atoms with Crippen molar-refractivity contribution in [2.24, 2.45) is 0 Å². The number of carbonyl (C=O) groups is 1. The maximum absolute atomic E-state index is 13.2. The van der Waals surface area contributed by atoms with Crippen LogP contribution < -0.4 is 4.72 Å². The Labute approximate surface area is 238 Å². The molecule has 0 saturated heterocycles. The van der Waals surface area contributed by atoms with Crippen molar-refractivity contribution in [3.05, 3.63) is 105 Å². The largest absolute Gasteiger partial charge is 0.477 e. The maximum atomic E-state index is 13.2. The molecule has 0 spiro atoms. The third kappa shape index (κ3) is 6.94. The van der Waals surface area contributed by atoms with Crippen LogP contribution in [-0.4, -0.2) is 40.4 Å². The van der Waals surface area contributed by atoms with Crippen LogP contribution in [0.25, 0.3) is 11.1 Å². The summed E-state index contributed by atoms with van der Waals surface area (Å²) in [6.45, 7) is 0.285.